The zero-order chi connectivity index (χ0) is 9.42. The van der Waals surface area contributed by atoms with E-state index in [2.05, 4.69) is 15.9 Å². The highest BCUT2D eigenvalue weighted by Gasteiger charge is 2.14. The molecule has 1 heterocycles. The third-order valence-corrected chi connectivity index (χ3v) is 2.55. The van der Waals surface area contributed by atoms with Gasteiger partial charge < -0.3 is 5.11 Å². The Morgan fingerprint density at radius 1 is 1.46 bits per heavy atom. The van der Waals surface area contributed by atoms with Crippen LogP contribution in [0.15, 0.2) is 24.4 Å². The molecule has 3 nitrogen and oxygen atoms in total. The lowest BCUT2D eigenvalue weighted by molar-refractivity contribution is -0.268. The highest BCUT2D eigenvalue weighted by Crippen LogP contribution is 2.34. The number of halogens is 1. The molecule has 0 bridgehead atoms. The van der Waals surface area contributed by atoms with Crippen molar-refractivity contribution in [2.75, 3.05) is 0 Å². The van der Waals surface area contributed by atoms with Gasteiger partial charge in [0.1, 0.15) is 0 Å². The average Bonchev–Trinajstić information content (AvgIpc) is 2.02. The Bertz CT molecular complexity index is 376. The predicted molar refractivity (Wildman–Crippen MR) is 50.1 cm³/mol. The molecular formula is C9H7BrNO2-. The van der Waals surface area contributed by atoms with Gasteiger partial charge in [0.25, 0.3) is 0 Å². The van der Waals surface area contributed by atoms with Crippen molar-refractivity contribution in [3.05, 3.63) is 35.5 Å². The summed E-state index contributed by atoms with van der Waals surface area (Å²) in [5.41, 5.74) is 1.48. The highest BCUT2D eigenvalue weighted by molar-refractivity contribution is 9.15. The van der Waals surface area contributed by atoms with Gasteiger partial charge in [-0.3, -0.25) is 10.3 Å². The van der Waals surface area contributed by atoms with Crippen molar-refractivity contribution < 1.29 is 10.3 Å². The maximum Gasteiger partial charge on any atom is 0.0703 e. The van der Waals surface area contributed by atoms with E-state index in [0.717, 1.165) is 10.6 Å². The van der Waals surface area contributed by atoms with Crippen LogP contribution in [-0.2, 0) is 6.54 Å². The van der Waals surface area contributed by atoms with E-state index in [1.54, 1.807) is 6.07 Å². The summed E-state index contributed by atoms with van der Waals surface area (Å²) in [5, 5.41) is 21.7. The van der Waals surface area contributed by atoms with Crippen LogP contribution in [0.2, 0.25) is 0 Å². The van der Waals surface area contributed by atoms with Crippen LogP contribution in [0, 0.1) is 0 Å². The molecule has 0 fully saturated rings. The number of nitrogens with zero attached hydrogens (tertiary/aromatic N) is 1. The van der Waals surface area contributed by atoms with E-state index in [1.807, 2.05) is 6.07 Å². The van der Waals surface area contributed by atoms with Crippen LogP contribution in [0.1, 0.15) is 11.1 Å². The summed E-state index contributed by atoms with van der Waals surface area (Å²) < 4.78 is 0.627. The molecule has 0 saturated heterocycles. The topological polar surface area (TPSA) is 46.5 Å². The summed E-state index contributed by atoms with van der Waals surface area (Å²) in [5.74, 6) is -0.0197. The lowest BCUT2D eigenvalue weighted by atomic mass is 10.0. The Labute approximate surface area is 84.0 Å². The zero-order valence-electron chi connectivity index (χ0n) is 6.70. The molecule has 0 amide bonds. The minimum absolute atomic E-state index is 0.0197. The highest BCUT2D eigenvalue weighted by atomic mass is 79.9. The Morgan fingerprint density at radius 2 is 2.23 bits per heavy atom. The minimum atomic E-state index is -0.0197. The molecule has 1 N–H and O–H groups in total. The molecule has 0 aromatic heterocycles. The van der Waals surface area contributed by atoms with Crippen molar-refractivity contribution in [2.45, 2.75) is 6.54 Å². The Balaban J connectivity index is 2.60. The van der Waals surface area contributed by atoms with Gasteiger partial charge >= 0.3 is 0 Å². The molecule has 1 aliphatic rings. The standard InChI is InChI=1S/C9H8BrNO2/c10-7-5-11(13)4-6-2-1-3-8(12)9(6)7/h1-3,5,12-13H,4H2/p-1. The molecule has 0 unspecified atom stereocenters. The minimum Gasteiger partial charge on any atom is -0.872 e. The van der Waals surface area contributed by atoms with Crippen molar-refractivity contribution in [3.8, 4) is 5.75 Å². The van der Waals surface area contributed by atoms with E-state index in [4.69, 9.17) is 0 Å². The number of fused-ring (bicyclic) bond motifs is 1. The van der Waals surface area contributed by atoms with Gasteiger partial charge in [-0.2, -0.15) is 0 Å². The largest absolute Gasteiger partial charge is 0.872 e. The zero-order valence-corrected chi connectivity index (χ0v) is 8.28. The van der Waals surface area contributed by atoms with Crippen molar-refractivity contribution in [2.24, 2.45) is 0 Å². The second kappa shape index (κ2) is 3.05. The molecule has 2 rings (SSSR count). The molecule has 1 aliphatic heterocycles. The normalized spacial score (nSPS) is 15.2. The molecule has 4 heteroatoms. The van der Waals surface area contributed by atoms with Crippen LogP contribution >= 0.6 is 15.9 Å². The number of rotatable bonds is 0. The predicted octanol–water partition coefficient (Wildman–Crippen LogP) is 1.66. The van der Waals surface area contributed by atoms with Crippen LogP contribution in [0.5, 0.6) is 5.75 Å². The summed E-state index contributed by atoms with van der Waals surface area (Å²) in [7, 11) is 0. The molecule has 1 aromatic carbocycles. The fourth-order valence-electron chi connectivity index (χ4n) is 1.39. The number of hydrogen-bond acceptors (Lipinski definition) is 3. The summed E-state index contributed by atoms with van der Waals surface area (Å²) >= 11 is 3.24. The van der Waals surface area contributed by atoms with Gasteiger partial charge in [-0.1, -0.05) is 18.2 Å². The first kappa shape index (κ1) is 8.59. The smallest absolute Gasteiger partial charge is 0.0703 e. The van der Waals surface area contributed by atoms with Crippen molar-refractivity contribution in [3.63, 3.8) is 0 Å². The van der Waals surface area contributed by atoms with Crippen LogP contribution in [0.25, 0.3) is 4.48 Å². The quantitative estimate of drug-likeness (QED) is 0.751. The molecule has 13 heavy (non-hydrogen) atoms. The van der Waals surface area contributed by atoms with E-state index in [0.29, 0.717) is 16.6 Å². The second-order valence-electron chi connectivity index (χ2n) is 2.86. The summed E-state index contributed by atoms with van der Waals surface area (Å²) in [4.78, 5) is 0. The summed E-state index contributed by atoms with van der Waals surface area (Å²) in [6, 6.07) is 5.04. The Morgan fingerprint density at radius 3 is 3.00 bits per heavy atom. The van der Waals surface area contributed by atoms with E-state index in [9.17, 15) is 10.3 Å². The monoisotopic (exact) mass is 240 g/mol. The van der Waals surface area contributed by atoms with Crippen LogP contribution < -0.4 is 5.11 Å². The second-order valence-corrected chi connectivity index (χ2v) is 3.72. The number of benzene rings is 1. The van der Waals surface area contributed by atoms with E-state index < -0.39 is 0 Å². The van der Waals surface area contributed by atoms with Gasteiger partial charge in [0.2, 0.25) is 0 Å². The summed E-state index contributed by atoms with van der Waals surface area (Å²) in [6.45, 7) is 0.362. The van der Waals surface area contributed by atoms with Crippen molar-refractivity contribution in [1.29, 1.82) is 0 Å². The molecular weight excluding hydrogens is 234 g/mol. The van der Waals surface area contributed by atoms with Crippen LogP contribution in [-0.4, -0.2) is 10.3 Å². The van der Waals surface area contributed by atoms with Gasteiger partial charge in [0, 0.05) is 10.7 Å². The third kappa shape index (κ3) is 1.43. The van der Waals surface area contributed by atoms with Gasteiger partial charge in [-0.15, -0.1) is 5.75 Å². The van der Waals surface area contributed by atoms with E-state index in [1.165, 1.54) is 12.3 Å². The molecule has 68 valence electrons. The molecule has 0 aliphatic carbocycles. The molecule has 1 aromatic rings. The third-order valence-electron chi connectivity index (χ3n) is 1.95. The lowest BCUT2D eigenvalue weighted by Gasteiger charge is -2.25. The molecule has 0 saturated carbocycles. The Kier molecular flexibility index (Phi) is 2.01. The number of hydroxylamine groups is 2. The van der Waals surface area contributed by atoms with Crippen molar-refractivity contribution >= 4 is 20.4 Å². The fraction of sp³-hybridized carbons (Fsp3) is 0.111. The van der Waals surface area contributed by atoms with Gasteiger partial charge in [0.05, 0.1) is 6.54 Å². The maximum atomic E-state index is 11.4. The first-order valence-electron chi connectivity index (χ1n) is 3.80. The number of hydrogen-bond donors (Lipinski definition) is 1. The van der Waals surface area contributed by atoms with Crippen LogP contribution in [0.4, 0.5) is 0 Å². The SMILES string of the molecule is [O-]c1cccc2c1C(Br)=CN(O)C2. The lowest BCUT2D eigenvalue weighted by Crippen LogP contribution is -2.17. The average molecular weight is 241 g/mol. The molecule has 0 radical (unpaired) electrons. The molecule has 0 spiro atoms. The van der Waals surface area contributed by atoms with E-state index >= 15 is 0 Å². The first-order valence-corrected chi connectivity index (χ1v) is 4.60. The van der Waals surface area contributed by atoms with Crippen LogP contribution in [0.3, 0.4) is 0 Å². The van der Waals surface area contributed by atoms with Gasteiger partial charge in [0.15, 0.2) is 0 Å². The molecule has 0 atom stereocenters. The van der Waals surface area contributed by atoms with E-state index in [-0.39, 0.29) is 5.75 Å². The van der Waals surface area contributed by atoms with Crippen molar-refractivity contribution in [1.82, 2.24) is 5.06 Å². The Hall–Kier alpha value is -1.00. The van der Waals surface area contributed by atoms with Gasteiger partial charge in [-0.05, 0) is 27.1 Å². The summed E-state index contributed by atoms with van der Waals surface area (Å²) in [6.07, 6.45) is 1.49. The first-order chi connectivity index (χ1) is 6.18. The van der Waals surface area contributed by atoms with Gasteiger partial charge in [-0.25, -0.2) is 0 Å². The maximum absolute atomic E-state index is 11.4. The fourth-order valence-corrected chi connectivity index (χ4v) is 2.08.